The van der Waals surface area contributed by atoms with Crippen molar-refractivity contribution in [3.63, 3.8) is 0 Å². The van der Waals surface area contributed by atoms with Crippen LogP contribution in [0.2, 0.25) is 0 Å². The van der Waals surface area contributed by atoms with Crippen LogP contribution in [0, 0.1) is 0 Å². The molecule has 2 rings (SSSR count). The van der Waals surface area contributed by atoms with Crippen molar-refractivity contribution in [2.75, 3.05) is 11.4 Å². The number of hydrogen-bond acceptors (Lipinski definition) is 2. The van der Waals surface area contributed by atoms with E-state index in [1.807, 2.05) is 30.0 Å². The van der Waals surface area contributed by atoms with Crippen LogP contribution >= 0.6 is 11.8 Å². The lowest BCUT2D eigenvalue weighted by atomic mass is 10.1. The lowest BCUT2D eigenvalue weighted by Crippen LogP contribution is -2.39. The van der Waals surface area contributed by atoms with Crippen molar-refractivity contribution < 1.29 is 4.79 Å². The quantitative estimate of drug-likeness (QED) is 0.660. The number of amides is 1. The Kier molecular flexibility index (Phi) is 2.27. The van der Waals surface area contributed by atoms with Gasteiger partial charge < -0.3 is 4.90 Å². The molecule has 1 aliphatic rings. The first-order valence-electron chi connectivity index (χ1n) is 4.62. The third kappa shape index (κ3) is 1.64. The molecule has 74 valence electrons. The number of anilines is 1. The number of benzene rings is 1. The van der Waals surface area contributed by atoms with E-state index >= 15 is 0 Å². The maximum absolute atomic E-state index is 10.9. The van der Waals surface area contributed by atoms with Crippen LogP contribution in [0.1, 0.15) is 13.8 Å². The van der Waals surface area contributed by atoms with Crippen LogP contribution in [0.5, 0.6) is 0 Å². The summed E-state index contributed by atoms with van der Waals surface area (Å²) in [5.74, 6) is 0. The molecule has 3 heteroatoms. The Bertz CT molecular complexity index is 362. The number of hydrogen-bond donors (Lipinski definition) is 0. The Hall–Kier alpha value is -0.960. The predicted molar refractivity (Wildman–Crippen MR) is 59.8 cm³/mol. The third-order valence-corrected chi connectivity index (χ3v) is 3.49. The molecule has 1 heterocycles. The molecule has 0 fully saturated rings. The van der Waals surface area contributed by atoms with Crippen LogP contribution in [-0.4, -0.2) is 17.7 Å². The highest BCUT2D eigenvalue weighted by molar-refractivity contribution is 8.00. The minimum absolute atomic E-state index is 0.106. The minimum atomic E-state index is 0.106. The molecule has 0 radical (unpaired) electrons. The number of carbonyl (C=O) groups excluding carboxylic acids is 1. The largest absolute Gasteiger partial charge is 0.312 e. The summed E-state index contributed by atoms with van der Waals surface area (Å²) >= 11 is 1.83. The van der Waals surface area contributed by atoms with Crippen molar-refractivity contribution in [3.05, 3.63) is 24.3 Å². The molecule has 0 saturated heterocycles. The summed E-state index contributed by atoms with van der Waals surface area (Å²) in [5, 5.41) is 0. The molecule has 2 nitrogen and oxygen atoms in total. The third-order valence-electron chi connectivity index (χ3n) is 2.24. The average Bonchev–Trinajstić information content (AvgIpc) is 2.15. The highest BCUT2D eigenvalue weighted by Crippen LogP contribution is 2.43. The van der Waals surface area contributed by atoms with Crippen molar-refractivity contribution >= 4 is 23.9 Å². The summed E-state index contributed by atoms with van der Waals surface area (Å²) < 4.78 is 0.106. The second kappa shape index (κ2) is 3.31. The van der Waals surface area contributed by atoms with Gasteiger partial charge in [0.15, 0.2) is 0 Å². The van der Waals surface area contributed by atoms with Gasteiger partial charge in [-0.15, -0.1) is 11.8 Å². The van der Waals surface area contributed by atoms with Crippen molar-refractivity contribution in [3.8, 4) is 0 Å². The van der Waals surface area contributed by atoms with E-state index in [4.69, 9.17) is 0 Å². The molecule has 1 amide bonds. The smallest absolute Gasteiger partial charge is 0.214 e. The van der Waals surface area contributed by atoms with Gasteiger partial charge in [-0.05, 0) is 26.0 Å². The topological polar surface area (TPSA) is 20.3 Å². The van der Waals surface area contributed by atoms with E-state index in [-0.39, 0.29) is 4.75 Å². The molecule has 0 N–H and O–H groups in total. The molecular formula is C11H13NOS. The Morgan fingerprint density at radius 3 is 2.86 bits per heavy atom. The first-order valence-corrected chi connectivity index (χ1v) is 5.44. The molecule has 0 aromatic heterocycles. The zero-order valence-electron chi connectivity index (χ0n) is 8.36. The SMILES string of the molecule is CC1(C)CN(C=O)c2ccccc2S1. The Labute approximate surface area is 88.3 Å². The normalized spacial score (nSPS) is 18.9. The summed E-state index contributed by atoms with van der Waals surface area (Å²) in [7, 11) is 0. The van der Waals surface area contributed by atoms with Crippen LogP contribution in [0.25, 0.3) is 0 Å². The molecule has 0 bridgehead atoms. The number of nitrogens with zero attached hydrogens (tertiary/aromatic N) is 1. The van der Waals surface area contributed by atoms with Crippen LogP contribution in [0.15, 0.2) is 29.2 Å². The molecule has 0 unspecified atom stereocenters. The highest BCUT2D eigenvalue weighted by Gasteiger charge is 2.30. The highest BCUT2D eigenvalue weighted by atomic mass is 32.2. The summed E-state index contributed by atoms with van der Waals surface area (Å²) in [6.45, 7) is 5.09. The van der Waals surface area contributed by atoms with E-state index < -0.39 is 0 Å². The Morgan fingerprint density at radius 1 is 1.43 bits per heavy atom. The van der Waals surface area contributed by atoms with Crippen LogP contribution in [0.4, 0.5) is 5.69 Å². The molecule has 1 aromatic rings. The number of para-hydroxylation sites is 1. The van der Waals surface area contributed by atoms with Gasteiger partial charge in [-0.2, -0.15) is 0 Å². The van der Waals surface area contributed by atoms with Crippen LogP contribution in [-0.2, 0) is 4.79 Å². The molecule has 0 spiro atoms. The lowest BCUT2D eigenvalue weighted by molar-refractivity contribution is -0.107. The van der Waals surface area contributed by atoms with Gasteiger partial charge in [0.05, 0.1) is 5.69 Å². The van der Waals surface area contributed by atoms with Crippen LogP contribution < -0.4 is 4.90 Å². The fourth-order valence-electron chi connectivity index (χ4n) is 1.70. The Balaban J connectivity index is 2.46. The van der Waals surface area contributed by atoms with Gasteiger partial charge in [0.1, 0.15) is 0 Å². The summed E-state index contributed by atoms with van der Waals surface area (Å²) in [5.41, 5.74) is 1.03. The number of thioether (sulfide) groups is 1. The van der Waals surface area contributed by atoms with Gasteiger partial charge in [0.2, 0.25) is 6.41 Å². The maximum atomic E-state index is 10.9. The van der Waals surface area contributed by atoms with Gasteiger partial charge in [0, 0.05) is 16.2 Å². The van der Waals surface area contributed by atoms with E-state index in [2.05, 4.69) is 19.9 Å². The zero-order valence-corrected chi connectivity index (χ0v) is 9.17. The maximum Gasteiger partial charge on any atom is 0.214 e. The fraction of sp³-hybridized carbons (Fsp3) is 0.364. The van der Waals surface area contributed by atoms with Gasteiger partial charge in [0.25, 0.3) is 0 Å². The molecule has 0 saturated carbocycles. The first kappa shape index (κ1) is 9.59. The van der Waals surface area contributed by atoms with Gasteiger partial charge in [-0.3, -0.25) is 4.79 Å². The number of fused-ring (bicyclic) bond motifs is 1. The molecule has 1 aromatic carbocycles. The number of carbonyl (C=O) groups is 1. The van der Waals surface area contributed by atoms with E-state index in [9.17, 15) is 4.79 Å². The van der Waals surface area contributed by atoms with Crippen molar-refractivity contribution in [2.45, 2.75) is 23.5 Å². The van der Waals surface area contributed by atoms with E-state index in [1.165, 1.54) is 4.90 Å². The van der Waals surface area contributed by atoms with Gasteiger partial charge in [-0.1, -0.05) is 12.1 Å². The van der Waals surface area contributed by atoms with Crippen LogP contribution in [0.3, 0.4) is 0 Å². The molecule has 0 aliphatic carbocycles. The van der Waals surface area contributed by atoms with E-state index in [0.717, 1.165) is 18.6 Å². The fourth-order valence-corrected chi connectivity index (χ4v) is 2.94. The lowest BCUT2D eigenvalue weighted by Gasteiger charge is -2.36. The molecule has 14 heavy (non-hydrogen) atoms. The summed E-state index contributed by atoms with van der Waals surface area (Å²) in [4.78, 5) is 13.9. The van der Waals surface area contributed by atoms with Gasteiger partial charge >= 0.3 is 0 Å². The van der Waals surface area contributed by atoms with E-state index in [1.54, 1.807) is 4.90 Å². The minimum Gasteiger partial charge on any atom is -0.312 e. The van der Waals surface area contributed by atoms with Crippen molar-refractivity contribution in [1.82, 2.24) is 0 Å². The monoisotopic (exact) mass is 207 g/mol. The van der Waals surface area contributed by atoms with Crippen molar-refractivity contribution in [1.29, 1.82) is 0 Å². The number of rotatable bonds is 1. The molecule has 1 aliphatic heterocycles. The molecular weight excluding hydrogens is 194 g/mol. The first-order chi connectivity index (χ1) is 6.62. The summed E-state index contributed by atoms with van der Waals surface area (Å²) in [6.07, 6.45) is 0.917. The second-order valence-corrected chi connectivity index (χ2v) is 5.81. The summed E-state index contributed by atoms with van der Waals surface area (Å²) in [6, 6.07) is 8.04. The van der Waals surface area contributed by atoms with Gasteiger partial charge in [-0.25, -0.2) is 0 Å². The predicted octanol–water partition coefficient (Wildman–Crippen LogP) is 2.53. The average molecular weight is 207 g/mol. The standard InChI is InChI=1S/C11H13NOS/c1-11(2)7-12(8-13)9-5-3-4-6-10(9)14-11/h3-6,8H,7H2,1-2H3. The molecule has 0 atom stereocenters. The van der Waals surface area contributed by atoms with Crippen molar-refractivity contribution in [2.24, 2.45) is 0 Å². The zero-order chi connectivity index (χ0) is 10.2. The Morgan fingerprint density at radius 2 is 2.14 bits per heavy atom. The second-order valence-electron chi connectivity index (χ2n) is 4.06. The van der Waals surface area contributed by atoms with E-state index in [0.29, 0.717) is 0 Å².